The molecule has 0 saturated heterocycles. The lowest BCUT2D eigenvalue weighted by molar-refractivity contribution is -0.117. The Labute approximate surface area is 105 Å². The summed E-state index contributed by atoms with van der Waals surface area (Å²) in [7, 11) is 0. The number of carbonyl (C=O) groups is 1. The third-order valence-corrected chi connectivity index (χ3v) is 3.70. The number of fused-ring (bicyclic) bond motifs is 5. The van der Waals surface area contributed by atoms with Gasteiger partial charge in [-0.05, 0) is 23.8 Å². The number of amides is 1. The van der Waals surface area contributed by atoms with Gasteiger partial charge >= 0.3 is 0 Å². The van der Waals surface area contributed by atoms with Crippen LogP contribution in [0.1, 0.15) is 5.56 Å². The molecular weight excluding hydrogens is 224 g/mol. The van der Waals surface area contributed by atoms with Gasteiger partial charge in [-0.15, -0.1) is 0 Å². The lowest BCUT2D eigenvalue weighted by atomic mass is 10.1. The van der Waals surface area contributed by atoms with Crippen molar-refractivity contribution < 1.29 is 4.79 Å². The topological polar surface area (TPSA) is 32.3 Å². The normalized spacial score (nSPS) is 19.9. The van der Waals surface area contributed by atoms with Gasteiger partial charge in [-0.2, -0.15) is 0 Å². The zero-order valence-electron chi connectivity index (χ0n) is 9.76. The number of para-hydroxylation sites is 3. The van der Waals surface area contributed by atoms with Crippen LogP contribution in [0.3, 0.4) is 0 Å². The van der Waals surface area contributed by atoms with Gasteiger partial charge in [-0.25, -0.2) is 0 Å². The van der Waals surface area contributed by atoms with Crippen LogP contribution in [-0.2, 0) is 11.2 Å². The number of hydrogen-bond donors (Lipinski definition) is 1. The smallest absolute Gasteiger partial charge is 0.247 e. The van der Waals surface area contributed by atoms with E-state index in [9.17, 15) is 4.79 Å². The Morgan fingerprint density at radius 3 is 2.61 bits per heavy atom. The fourth-order valence-corrected chi connectivity index (χ4v) is 2.90. The molecule has 1 N–H and O–H groups in total. The van der Waals surface area contributed by atoms with E-state index in [-0.39, 0.29) is 11.9 Å². The number of benzene rings is 2. The Balaban J connectivity index is 1.96. The predicted molar refractivity (Wildman–Crippen MR) is 71.1 cm³/mol. The molecule has 0 radical (unpaired) electrons. The highest BCUT2D eigenvalue weighted by Crippen LogP contribution is 2.44. The first-order valence-corrected chi connectivity index (χ1v) is 6.11. The number of carbonyl (C=O) groups excluding carboxylic acids is 1. The van der Waals surface area contributed by atoms with Gasteiger partial charge < -0.3 is 10.2 Å². The average Bonchev–Trinajstić information content (AvgIpc) is 2.79. The summed E-state index contributed by atoms with van der Waals surface area (Å²) < 4.78 is 0. The molecule has 2 heterocycles. The summed E-state index contributed by atoms with van der Waals surface area (Å²) in [6.07, 6.45) is 0.788. The van der Waals surface area contributed by atoms with E-state index >= 15 is 0 Å². The second-order valence-corrected chi connectivity index (χ2v) is 4.73. The van der Waals surface area contributed by atoms with E-state index in [2.05, 4.69) is 28.4 Å². The van der Waals surface area contributed by atoms with Crippen molar-refractivity contribution in [1.29, 1.82) is 0 Å². The van der Waals surface area contributed by atoms with Gasteiger partial charge in [0, 0.05) is 12.1 Å². The van der Waals surface area contributed by atoms with Crippen LogP contribution < -0.4 is 10.2 Å². The Bertz CT molecular complexity index is 650. The molecular formula is C15H12N2O. The number of rotatable bonds is 0. The lowest BCUT2D eigenvalue weighted by Crippen LogP contribution is -2.43. The predicted octanol–water partition coefficient (Wildman–Crippen LogP) is 2.70. The molecule has 18 heavy (non-hydrogen) atoms. The third kappa shape index (κ3) is 1.16. The molecule has 0 aromatic heterocycles. The fourth-order valence-electron chi connectivity index (χ4n) is 2.90. The number of anilines is 3. The number of nitrogens with zero attached hydrogens (tertiary/aromatic N) is 1. The maximum atomic E-state index is 12.2. The van der Waals surface area contributed by atoms with Crippen LogP contribution in [0.15, 0.2) is 48.5 Å². The van der Waals surface area contributed by atoms with Crippen molar-refractivity contribution in [2.45, 2.75) is 12.5 Å². The molecule has 0 fully saturated rings. The van der Waals surface area contributed by atoms with E-state index in [0.29, 0.717) is 0 Å². The van der Waals surface area contributed by atoms with Crippen molar-refractivity contribution in [3.8, 4) is 0 Å². The Morgan fingerprint density at radius 1 is 1.00 bits per heavy atom. The number of nitrogens with one attached hydrogen (secondary N) is 1. The summed E-state index contributed by atoms with van der Waals surface area (Å²) >= 11 is 0. The summed E-state index contributed by atoms with van der Waals surface area (Å²) in [6, 6.07) is 16.1. The Kier molecular flexibility index (Phi) is 1.81. The fraction of sp³-hybridized carbons (Fsp3) is 0.133. The SMILES string of the molecule is O=C1Nc2ccccc2N2c3ccccc3CC12. The second kappa shape index (κ2) is 3.35. The molecule has 4 rings (SSSR count). The minimum absolute atomic E-state index is 0.0879. The molecule has 3 nitrogen and oxygen atoms in total. The van der Waals surface area contributed by atoms with Crippen molar-refractivity contribution in [3.05, 3.63) is 54.1 Å². The van der Waals surface area contributed by atoms with Crippen molar-refractivity contribution in [2.75, 3.05) is 10.2 Å². The highest BCUT2D eigenvalue weighted by Gasteiger charge is 2.39. The molecule has 3 heteroatoms. The maximum absolute atomic E-state index is 12.2. The van der Waals surface area contributed by atoms with Gasteiger partial charge in [0.05, 0.1) is 11.4 Å². The first kappa shape index (κ1) is 9.71. The molecule has 2 aromatic carbocycles. The second-order valence-electron chi connectivity index (χ2n) is 4.73. The molecule has 2 aliphatic rings. The molecule has 2 aromatic rings. The van der Waals surface area contributed by atoms with E-state index in [1.807, 2.05) is 30.3 Å². The van der Waals surface area contributed by atoms with Gasteiger partial charge in [0.25, 0.3) is 0 Å². The standard InChI is InChI=1S/C15H12N2O/c18-15-14-9-10-5-1-3-7-12(10)17(14)13-8-4-2-6-11(13)16-15/h1-8,14H,9H2,(H,16,18). The van der Waals surface area contributed by atoms with Crippen molar-refractivity contribution >= 4 is 23.0 Å². The van der Waals surface area contributed by atoms with Crippen LogP contribution in [0, 0.1) is 0 Å². The average molecular weight is 236 g/mol. The van der Waals surface area contributed by atoms with Crippen LogP contribution in [0.4, 0.5) is 17.1 Å². The number of hydrogen-bond acceptors (Lipinski definition) is 2. The molecule has 0 saturated carbocycles. The van der Waals surface area contributed by atoms with Gasteiger partial charge in [-0.3, -0.25) is 4.79 Å². The lowest BCUT2D eigenvalue weighted by Gasteiger charge is -2.33. The Morgan fingerprint density at radius 2 is 1.72 bits per heavy atom. The van der Waals surface area contributed by atoms with Gasteiger partial charge in [0.2, 0.25) is 5.91 Å². The van der Waals surface area contributed by atoms with Crippen LogP contribution in [0.5, 0.6) is 0 Å². The van der Waals surface area contributed by atoms with Gasteiger partial charge in [0.15, 0.2) is 0 Å². The van der Waals surface area contributed by atoms with E-state index in [1.54, 1.807) is 0 Å². The minimum Gasteiger partial charge on any atom is -0.327 e. The monoisotopic (exact) mass is 236 g/mol. The van der Waals surface area contributed by atoms with Crippen LogP contribution >= 0.6 is 0 Å². The zero-order valence-corrected chi connectivity index (χ0v) is 9.76. The Hall–Kier alpha value is -2.29. The summed E-state index contributed by atoms with van der Waals surface area (Å²) in [6.45, 7) is 0. The van der Waals surface area contributed by atoms with Crippen LogP contribution in [0.25, 0.3) is 0 Å². The summed E-state index contributed by atoms with van der Waals surface area (Å²) in [5.74, 6) is 0.0879. The summed E-state index contributed by atoms with van der Waals surface area (Å²) in [4.78, 5) is 14.3. The first-order chi connectivity index (χ1) is 8.84. The molecule has 0 bridgehead atoms. The molecule has 1 atom stereocenters. The van der Waals surface area contributed by atoms with Crippen molar-refractivity contribution in [1.82, 2.24) is 0 Å². The van der Waals surface area contributed by atoms with Crippen LogP contribution in [-0.4, -0.2) is 11.9 Å². The van der Waals surface area contributed by atoms with E-state index < -0.39 is 0 Å². The van der Waals surface area contributed by atoms with Gasteiger partial charge in [-0.1, -0.05) is 30.3 Å². The third-order valence-electron chi connectivity index (χ3n) is 3.70. The summed E-state index contributed by atoms with van der Waals surface area (Å²) in [5.41, 5.74) is 4.39. The molecule has 1 unspecified atom stereocenters. The van der Waals surface area contributed by atoms with Crippen molar-refractivity contribution in [2.24, 2.45) is 0 Å². The van der Waals surface area contributed by atoms with Crippen molar-refractivity contribution in [3.63, 3.8) is 0 Å². The largest absolute Gasteiger partial charge is 0.327 e. The molecule has 88 valence electrons. The van der Waals surface area contributed by atoms with Gasteiger partial charge in [0.1, 0.15) is 6.04 Å². The molecule has 0 spiro atoms. The minimum atomic E-state index is -0.0997. The quantitative estimate of drug-likeness (QED) is 0.762. The molecule has 0 aliphatic carbocycles. The van der Waals surface area contributed by atoms with E-state index in [0.717, 1.165) is 23.5 Å². The molecule has 2 aliphatic heterocycles. The molecule has 1 amide bonds. The maximum Gasteiger partial charge on any atom is 0.247 e. The van der Waals surface area contributed by atoms with E-state index in [1.165, 1.54) is 5.56 Å². The highest BCUT2D eigenvalue weighted by atomic mass is 16.2. The highest BCUT2D eigenvalue weighted by molar-refractivity contribution is 6.07. The summed E-state index contributed by atoms with van der Waals surface area (Å²) in [5, 5.41) is 2.99. The van der Waals surface area contributed by atoms with E-state index in [4.69, 9.17) is 0 Å². The first-order valence-electron chi connectivity index (χ1n) is 6.11. The van der Waals surface area contributed by atoms with Crippen LogP contribution in [0.2, 0.25) is 0 Å². The zero-order chi connectivity index (χ0) is 12.1.